The molecule has 0 amide bonds. The van der Waals surface area contributed by atoms with E-state index in [1.807, 2.05) is 6.20 Å². The highest BCUT2D eigenvalue weighted by Gasteiger charge is 2.42. The van der Waals surface area contributed by atoms with Crippen LogP contribution in [0.5, 0.6) is 0 Å². The first-order chi connectivity index (χ1) is 7.34. The van der Waals surface area contributed by atoms with Crippen molar-refractivity contribution >= 4 is 10.8 Å². The van der Waals surface area contributed by atoms with Crippen LogP contribution in [0.2, 0.25) is 0 Å². The average molecular weight is 199 g/mol. The molecule has 15 heavy (non-hydrogen) atoms. The lowest BCUT2D eigenvalue weighted by Crippen LogP contribution is -2.19. The summed E-state index contributed by atoms with van der Waals surface area (Å²) in [6.07, 6.45) is 6.04. The van der Waals surface area contributed by atoms with Gasteiger partial charge in [0.25, 0.3) is 0 Å². The molecule has 2 N–H and O–H groups in total. The molecule has 3 heteroatoms. The van der Waals surface area contributed by atoms with Crippen LogP contribution >= 0.6 is 0 Å². The fourth-order valence-electron chi connectivity index (χ4n) is 2.09. The zero-order valence-corrected chi connectivity index (χ0v) is 8.48. The molecule has 1 saturated carbocycles. The molecule has 1 aliphatic rings. The Bertz CT molecular complexity index is 503. The Hall–Kier alpha value is -1.48. The predicted octanol–water partition coefficient (Wildman–Crippen LogP) is 1.62. The summed E-state index contributed by atoms with van der Waals surface area (Å²) in [5, 5.41) is 10.1. The second-order valence-corrected chi connectivity index (χ2v) is 4.32. The monoisotopic (exact) mass is 199 g/mol. The lowest BCUT2D eigenvalue weighted by atomic mass is 9.94. The van der Waals surface area contributed by atoms with Gasteiger partial charge in [-0.25, -0.2) is 0 Å². The second-order valence-electron chi connectivity index (χ2n) is 4.32. The van der Waals surface area contributed by atoms with Crippen LogP contribution in [0, 0.1) is 0 Å². The van der Waals surface area contributed by atoms with Gasteiger partial charge in [0.15, 0.2) is 0 Å². The van der Waals surface area contributed by atoms with Gasteiger partial charge in [-0.3, -0.25) is 0 Å². The Morgan fingerprint density at radius 3 is 2.53 bits per heavy atom. The Balaban J connectivity index is 2.14. The lowest BCUT2D eigenvalue weighted by molar-refractivity contribution is 0.706. The fraction of sp³-hybridized carbons (Fsp3) is 0.333. The number of nitrogens with two attached hydrogens (primary N) is 1. The van der Waals surface area contributed by atoms with Gasteiger partial charge in [0.2, 0.25) is 0 Å². The van der Waals surface area contributed by atoms with Crippen molar-refractivity contribution in [1.82, 2.24) is 10.2 Å². The van der Waals surface area contributed by atoms with E-state index in [1.165, 1.54) is 18.4 Å². The summed E-state index contributed by atoms with van der Waals surface area (Å²) >= 11 is 0. The highest BCUT2D eigenvalue weighted by molar-refractivity contribution is 5.81. The van der Waals surface area contributed by atoms with E-state index in [4.69, 9.17) is 5.73 Å². The SMILES string of the molecule is NCC1(c2ccc3cnncc3c2)CC1. The normalized spacial score (nSPS) is 17.9. The zero-order valence-electron chi connectivity index (χ0n) is 8.48. The number of fused-ring (bicyclic) bond motifs is 1. The summed E-state index contributed by atoms with van der Waals surface area (Å²) in [5.74, 6) is 0. The van der Waals surface area contributed by atoms with Crippen LogP contribution in [-0.2, 0) is 5.41 Å². The largest absolute Gasteiger partial charge is 0.330 e. The molecule has 0 unspecified atom stereocenters. The van der Waals surface area contributed by atoms with Gasteiger partial charge in [0.05, 0.1) is 12.4 Å². The van der Waals surface area contributed by atoms with Crippen molar-refractivity contribution in [2.45, 2.75) is 18.3 Å². The van der Waals surface area contributed by atoms with Gasteiger partial charge in [0, 0.05) is 22.7 Å². The summed E-state index contributed by atoms with van der Waals surface area (Å²) in [5.41, 5.74) is 7.43. The number of hydrogen-bond acceptors (Lipinski definition) is 3. The van der Waals surface area contributed by atoms with Crippen molar-refractivity contribution in [1.29, 1.82) is 0 Å². The van der Waals surface area contributed by atoms with Gasteiger partial charge >= 0.3 is 0 Å². The maximum Gasteiger partial charge on any atom is 0.0574 e. The minimum absolute atomic E-state index is 0.261. The van der Waals surface area contributed by atoms with E-state index in [1.54, 1.807) is 6.20 Å². The topological polar surface area (TPSA) is 51.8 Å². The first-order valence-electron chi connectivity index (χ1n) is 5.25. The third-order valence-corrected chi connectivity index (χ3v) is 3.40. The molecule has 76 valence electrons. The Kier molecular flexibility index (Phi) is 1.76. The molecule has 1 fully saturated rings. The highest BCUT2D eigenvalue weighted by Crippen LogP contribution is 2.47. The Morgan fingerprint density at radius 1 is 1.13 bits per heavy atom. The molecule has 0 saturated heterocycles. The quantitative estimate of drug-likeness (QED) is 0.799. The molecular weight excluding hydrogens is 186 g/mol. The van der Waals surface area contributed by atoms with Gasteiger partial charge in [-0.15, -0.1) is 0 Å². The van der Waals surface area contributed by atoms with Crippen LogP contribution in [0.4, 0.5) is 0 Å². The molecule has 1 heterocycles. The first kappa shape index (κ1) is 8.80. The Labute approximate surface area is 88.3 Å². The second kappa shape index (κ2) is 3.00. The average Bonchev–Trinajstić information content (AvgIpc) is 3.09. The van der Waals surface area contributed by atoms with Crippen LogP contribution < -0.4 is 5.73 Å². The molecule has 1 aromatic carbocycles. The standard InChI is InChI=1S/C12H13N3/c13-8-12(3-4-12)11-2-1-9-6-14-15-7-10(9)5-11/h1-2,5-7H,3-4,8,13H2. The van der Waals surface area contributed by atoms with E-state index in [-0.39, 0.29) is 5.41 Å². The van der Waals surface area contributed by atoms with E-state index in [9.17, 15) is 0 Å². The van der Waals surface area contributed by atoms with Crippen LogP contribution in [0.1, 0.15) is 18.4 Å². The molecular formula is C12H13N3. The molecule has 1 aliphatic carbocycles. The van der Waals surface area contributed by atoms with Crippen molar-refractivity contribution in [2.75, 3.05) is 6.54 Å². The minimum Gasteiger partial charge on any atom is -0.330 e. The zero-order chi connectivity index (χ0) is 10.3. The summed E-state index contributed by atoms with van der Waals surface area (Å²) in [4.78, 5) is 0. The Morgan fingerprint density at radius 2 is 1.87 bits per heavy atom. The van der Waals surface area contributed by atoms with Gasteiger partial charge < -0.3 is 5.73 Å². The maximum absolute atomic E-state index is 5.82. The van der Waals surface area contributed by atoms with Crippen LogP contribution in [0.3, 0.4) is 0 Å². The number of nitrogens with zero attached hydrogens (tertiary/aromatic N) is 2. The summed E-state index contributed by atoms with van der Waals surface area (Å²) in [6, 6.07) is 6.48. The number of hydrogen-bond donors (Lipinski definition) is 1. The van der Waals surface area contributed by atoms with Gasteiger partial charge in [-0.05, 0) is 24.5 Å². The fourth-order valence-corrected chi connectivity index (χ4v) is 2.09. The summed E-state index contributed by atoms with van der Waals surface area (Å²) < 4.78 is 0. The third kappa shape index (κ3) is 1.31. The van der Waals surface area contributed by atoms with E-state index in [0.29, 0.717) is 0 Å². The summed E-state index contributed by atoms with van der Waals surface area (Å²) in [6.45, 7) is 0.747. The van der Waals surface area contributed by atoms with Crippen LogP contribution in [-0.4, -0.2) is 16.7 Å². The number of rotatable bonds is 2. The molecule has 0 radical (unpaired) electrons. The first-order valence-corrected chi connectivity index (χ1v) is 5.25. The third-order valence-electron chi connectivity index (χ3n) is 3.40. The van der Waals surface area contributed by atoms with E-state index in [2.05, 4.69) is 28.4 Å². The highest BCUT2D eigenvalue weighted by atomic mass is 15.1. The lowest BCUT2D eigenvalue weighted by Gasteiger charge is -2.13. The van der Waals surface area contributed by atoms with E-state index >= 15 is 0 Å². The molecule has 0 bridgehead atoms. The number of benzene rings is 1. The van der Waals surface area contributed by atoms with Crippen LogP contribution in [0.15, 0.2) is 30.6 Å². The van der Waals surface area contributed by atoms with Crippen molar-refractivity contribution in [3.63, 3.8) is 0 Å². The predicted molar refractivity (Wildman–Crippen MR) is 59.5 cm³/mol. The van der Waals surface area contributed by atoms with Gasteiger partial charge in [0.1, 0.15) is 0 Å². The number of aromatic nitrogens is 2. The van der Waals surface area contributed by atoms with Crippen molar-refractivity contribution in [2.24, 2.45) is 5.73 Å². The molecule has 0 spiro atoms. The van der Waals surface area contributed by atoms with E-state index in [0.717, 1.165) is 17.3 Å². The molecule has 3 nitrogen and oxygen atoms in total. The molecule has 3 rings (SSSR count). The molecule has 0 aliphatic heterocycles. The smallest absolute Gasteiger partial charge is 0.0574 e. The maximum atomic E-state index is 5.82. The van der Waals surface area contributed by atoms with Crippen LogP contribution in [0.25, 0.3) is 10.8 Å². The van der Waals surface area contributed by atoms with Crippen molar-refractivity contribution in [3.05, 3.63) is 36.2 Å². The molecule has 2 aromatic rings. The van der Waals surface area contributed by atoms with Gasteiger partial charge in [-0.1, -0.05) is 12.1 Å². The molecule has 1 aromatic heterocycles. The van der Waals surface area contributed by atoms with Crippen molar-refractivity contribution < 1.29 is 0 Å². The molecule has 0 atom stereocenters. The minimum atomic E-state index is 0.261. The van der Waals surface area contributed by atoms with Crippen molar-refractivity contribution in [3.8, 4) is 0 Å². The van der Waals surface area contributed by atoms with Gasteiger partial charge in [-0.2, -0.15) is 10.2 Å². The van der Waals surface area contributed by atoms with E-state index < -0.39 is 0 Å². The summed E-state index contributed by atoms with van der Waals surface area (Å²) in [7, 11) is 0.